The molecule has 0 spiro atoms. The smallest absolute Gasteiger partial charge is 0.326 e. The SMILES string of the molecule is O=C(O)C[C@@H](NC(=O)c1cc(F)ccc1[N+](=O)[O-])C(=O)O. The number of carbonyl (C=O) groups is 3. The first-order valence-electron chi connectivity index (χ1n) is 5.41. The molecule has 1 aromatic carbocycles. The number of rotatable bonds is 6. The largest absolute Gasteiger partial charge is 0.481 e. The van der Waals surface area contributed by atoms with Gasteiger partial charge in [-0.3, -0.25) is 19.7 Å². The number of nitrogens with one attached hydrogen (secondary N) is 1. The van der Waals surface area contributed by atoms with Crippen LogP contribution in [0.2, 0.25) is 0 Å². The summed E-state index contributed by atoms with van der Waals surface area (Å²) in [6.07, 6.45) is -0.926. The summed E-state index contributed by atoms with van der Waals surface area (Å²) in [6, 6.07) is 0.281. The molecule has 0 radical (unpaired) electrons. The maximum absolute atomic E-state index is 13.1. The number of aliphatic carboxylic acids is 2. The van der Waals surface area contributed by atoms with Crippen molar-refractivity contribution >= 4 is 23.5 Å². The van der Waals surface area contributed by atoms with Crippen LogP contribution < -0.4 is 5.32 Å². The number of halogens is 1. The number of hydrogen-bond donors (Lipinski definition) is 3. The van der Waals surface area contributed by atoms with Gasteiger partial charge in [-0.25, -0.2) is 9.18 Å². The number of amides is 1. The summed E-state index contributed by atoms with van der Waals surface area (Å²) in [6.45, 7) is 0. The Morgan fingerprint density at radius 2 is 1.95 bits per heavy atom. The molecule has 3 N–H and O–H groups in total. The number of nitrogens with zero attached hydrogens (tertiary/aromatic N) is 1. The van der Waals surface area contributed by atoms with Crippen LogP contribution in [0.1, 0.15) is 16.8 Å². The van der Waals surface area contributed by atoms with Crippen molar-refractivity contribution < 1.29 is 33.9 Å². The summed E-state index contributed by atoms with van der Waals surface area (Å²) >= 11 is 0. The quantitative estimate of drug-likeness (QED) is 0.508. The number of nitro groups is 1. The first-order chi connectivity index (χ1) is 9.72. The minimum Gasteiger partial charge on any atom is -0.481 e. The fourth-order valence-corrected chi connectivity index (χ4v) is 1.46. The van der Waals surface area contributed by atoms with Crippen LogP contribution in [0.4, 0.5) is 10.1 Å². The second-order valence-electron chi connectivity index (χ2n) is 3.88. The molecule has 9 nitrogen and oxygen atoms in total. The maximum atomic E-state index is 13.1. The van der Waals surface area contributed by atoms with Crippen LogP contribution >= 0.6 is 0 Å². The van der Waals surface area contributed by atoms with Gasteiger partial charge in [0.05, 0.1) is 11.3 Å². The van der Waals surface area contributed by atoms with Crippen molar-refractivity contribution in [1.29, 1.82) is 0 Å². The molecule has 21 heavy (non-hydrogen) atoms. The van der Waals surface area contributed by atoms with Gasteiger partial charge in [-0.15, -0.1) is 0 Å². The zero-order valence-electron chi connectivity index (χ0n) is 10.3. The molecule has 0 aliphatic carbocycles. The van der Waals surface area contributed by atoms with E-state index in [1.165, 1.54) is 0 Å². The predicted molar refractivity (Wildman–Crippen MR) is 64.2 cm³/mol. The van der Waals surface area contributed by atoms with E-state index >= 15 is 0 Å². The molecule has 0 fully saturated rings. The molecule has 1 rings (SSSR count). The highest BCUT2D eigenvalue weighted by Gasteiger charge is 2.27. The van der Waals surface area contributed by atoms with Crippen LogP contribution in [-0.2, 0) is 9.59 Å². The highest BCUT2D eigenvalue weighted by Crippen LogP contribution is 2.19. The molecule has 1 amide bonds. The van der Waals surface area contributed by atoms with Crippen molar-refractivity contribution in [2.45, 2.75) is 12.5 Å². The Balaban J connectivity index is 3.07. The van der Waals surface area contributed by atoms with E-state index in [0.29, 0.717) is 6.07 Å². The summed E-state index contributed by atoms with van der Waals surface area (Å²) in [5, 5.41) is 29.8. The summed E-state index contributed by atoms with van der Waals surface area (Å²) in [5.41, 5.74) is -1.43. The number of carbonyl (C=O) groups excluding carboxylic acids is 1. The van der Waals surface area contributed by atoms with Gasteiger partial charge in [0.1, 0.15) is 17.4 Å². The van der Waals surface area contributed by atoms with Crippen LogP contribution in [0.25, 0.3) is 0 Å². The standard InChI is InChI=1S/C11H9FN2O7/c12-5-1-2-8(14(20)21)6(3-5)10(17)13-7(11(18)19)4-9(15)16/h1-3,7H,4H2,(H,13,17)(H,15,16)(H,18,19)/t7-/m1/s1. The van der Waals surface area contributed by atoms with Crippen molar-refractivity contribution in [3.63, 3.8) is 0 Å². The van der Waals surface area contributed by atoms with Crippen molar-refractivity contribution in [3.8, 4) is 0 Å². The summed E-state index contributed by atoms with van der Waals surface area (Å²) in [4.78, 5) is 42.8. The van der Waals surface area contributed by atoms with Gasteiger partial charge in [0, 0.05) is 6.07 Å². The van der Waals surface area contributed by atoms with Crippen LogP contribution in [0, 0.1) is 15.9 Å². The van der Waals surface area contributed by atoms with Gasteiger partial charge in [0.15, 0.2) is 0 Å². The fraction of sp³-hybridized carbons (Fsp3) is 0.182. The third kappa shape index (κ3) is 4.23. The minimum atomic E-state index is -1.79. The van der Waals surface area contributed by atoms with E-state index in [9.17, 15) is 28.9 Å². The zero-order valence-corrected chi connectivity index (χ0v) is 10.3. The molecule has 0 saturated carbocycles. The van der Waals surface area contributed by atoms with E-state index in [2.05, 4.69) is 0 Å². The number of carboxylic acids is 2. The first-order valence-corrected chi connectivity index (χ1v) is 5.41. The Bertz CT molecular complexity index is 617. The topological polar surface area (TPSA) is 147 Å². The van der Waals surface area contributed by atoms with Crippen LogP contribution in [-0.4, -0.2) is 39.0 Å². The van der Waals surface area contributed by atoms with Gasteiger partial charge >= 0.3 is 11.9 Å². The molecular formula is C11H9FN2O7. The second kappa shape index (κ2) is 6.41. The maximum Gasteiger partial charge on any atom is 0.326 e. The third-order valence-corrected chi connectivity index (χ3v) is 2.38. The Hall–Kier alpha value is -3.04. The molecule has 1 atom stereocenters. The normalized spacial score (nSPS) is 11.5. The Morgan fingerprint density at radius 3 is 2.43 bits per heavy atom. The van der Waals surface area contributed by atoms with Gasteiger partial charge in [-0.1, -0.05) is 0 Å². The van der Waals surface area contributed by atoms with Crippen molar-refractivity contribution in [2.24, 2.45) is 0 Å². The van der Waals surface area contributed by atoms with Gasteiger partial charge in [-0.05, 0) is 12.1 Å². The lowest BCUT2D eigenvalue weighted by Crippen LogP contribution is -2.42. The molecule has 0 aliphatic rings. The lowest BCUT2D eigenvalue weighted by molar-refractivity contribution is -0.385. The number of carboxylic acid groups (broad SMARTS) is 2. The number of nitro benzene ring substituents is 1. The van der Waals surface area contributed by atoms with E-state index in [1.54, 1.807) is 5.32 Å². The summed E-state index contributed by atoms with van der Waals surface area (Å²) in [5.74, 6) is -5.31. The fourth-order valence-electron chi connectivity index (χ4n) is 1.46. The van der Waals surface area contributed by atoms with E-state index in [1.807, 2.05) is 0 Å². The lowest BCUT2D eigenvalue weighted by atomic mass is 10.1. The summed E-state index contributed by atoms with van der Waals surface area (Å²) < 4.78 is 13.1. The van der Waals surface area contributed by atoms with Crippen LogP contribution in [0.3, 0.4) is 0 Å². The molecule has 0 aromatic heterocycles. The second-order valence-corrected chi connectivity index (χ2v) is 3.88. The molecule has 0 aliphatic heterocycles. The zero-order chi connectivity index (χ0) is 16.2. The van der Waals surface area contributed by atoms with Crippen molar-refractivity contribution in [2.75, 3.05) is 0 Å². The Morgan fingerprint density at radius 1 is 1.33 bits per heavy atom. The number of hydrogen-bond acceptors (Lipinski definition) is 5. The van der Waals surface area contributed by atoms with Crippen LogP contribution in [0.5, 0.6) is 0 Å². The Kier molecular flexibility index (Phi) is 4.89. The predicted octanol–water partition coefficient (Wildman–Crippen LogP) is 0.392. The number of benzene rings is 1. The third-order valence-electron chi connectivity index (χ3n) is 2.38. The molecule has 0 saturated heterocycles. The molecule has 0 unspecified atom stereocenters. The molecule has 0 bridgehead atoms. The van der Waals surface area contributed by atoms with Gasteiger partial charge in [0.2, 0.25) is 0 Å². The van der Waals surface area contributed by atoms with Gasteiger partial charge in [-0.2, -0.15) is 0 Å². The van der Waals surface area contributed by atoms with Crippen LogP contribution in [0.15, 0.2) is 18.2 Å². The molecular weight excluding hydrogens is 291 g/mol. The van der Waals surface area contributed by atoms with Gasteiger partial charge < -0.3 is 15.5 Å². The first kappa shape index (κ1) is 16.0. The lowest BCUT2D eigenvalue weighted by Gasteiger charge is -2.12. The average molecular weight is 300 g/mol. The minimum absolute atomic E-state index is 0.563. The molecule has 10 heteroatoms. The highest BCUT2D eigenvalue weighted by molar-refractivity contribution is 6.00. The van der Waals surface area contributed by atoms with E-state index in [4.69, 9.17) is 10.2 Å². The monoisotopic (exact) mass is 300 g/mol. The van der Waals surface area contributed by atoms with Crippen molar-refractivity contribution in [3.05, 3.63) is 39.7 Å². The van der Waals surface area contributed by atoms with Gasteiger partial charge in [0.25, 0.3) is 11.6 Å². The Labute approximate surface area is 116 Å². The molecule has 112 valence electrons. The van der Waals surface area contributed by atoms with E-state index in [0.717, 1.165) is 12.1 Å². The molecule has 1 aromatic rings. The average Bonchev–Trinajstić information content (AvgIpc) is 2.36. The highest BCUT2D eigenvalue weighted by atomic mass is 19.1. The summed E-state index contributed by atoms with van der Waals surface area (Å²) in [7, 11) is 0. The van der Waals surface area contributed by atoms with Crippen molar-refractivity contribution in [1.82, 2.24) is 5.32 Å². The molecule has 0 heterocycles. The van der Waals surface area contributed by atoms with E-state index in [-0.39, 0.29) is 0 Å². The van der Waals surface area contributed by atoms with E-state index < -0.39 is 52.3 Å².